The van der Waals surface area contributed by atoms with Crippen molar-refractivity contribution in [2.75, 3.05) is 0 Å². The molecule has 0 atom stereocenters. The van der Waals surface area contributed by atoms with Gasteiger partial charge in [-0.1, -0.05) is 6.07 Å². The van der Waals surface area contributed by atoms with E-state index in [1.54, 1.807) is 0 Å². The second-order valence-electron chi connectivity index (χ2n) is 3.68. The zero-order chi connectivity index (χ0) is 11.8. The van der Waals surface area contributed by atoms with Gasteiger partial charge in [-0.05, 0) is 34.1 Å². The van der Waals surface area contributed by atoms with Crippen LogP contribution in [0.1, 0.15) is 10.6 Å². The van der Waals surface area contributed by atoms with Crippen molar-refractivity contribution in [1.29, 1.82) is 0 Å². The first kappa shape index (κ1) is 10.3. The molecule has 84 valence electrons. The standard InChI is InChI=1S/C12H8BrN3O/c13-12-11(15-10(6-17)16-12)8-1-2-9-7(5-8)3-4-14-9/h1-6,14H,(H,15,16). The molecule has 0 spiro atoms. The van der Waals surface area contributed by atoms with Crippen LogP contribution in [-0.2, 0) is 0 Å². The van der Waals surface area contributed by atoms with Crippen LogP contribution in [0.25, 0.3) is 22.2 Å². The topological polar surface area (TPSA) is 61.5 Å². The number of carbonyl (C=O) groups is 1. The van der Waals surface area contributed by atoms with E-state index in [9.17, 15) is 4.79 Å². The van der Waals surface area contributed by atoms with Gasteiger partial charge in [0, 0.05) is 22.7 Å². The summed E-state index contributed by atoms with van der Waals surface area (Å²) >= 11 is 3.36. The lowest BCUT2D eigenvalue weighted by molar-refractivity contribution is 0.111. The number of nitrogens with zero attached hydrogens (tertiary/aromatic N) is 1. The van der Waals surface area contributed by atoms with Gasteiger partial charge in [0.25, 0.3) is 0 Å². The molecule has 0 aliphatic carbocycles. The molecule has 0 fully saturated rings. The van der Waals surface area contributed by atoms with E-state index in [2.05, 4.69) is 30.9 Å². The monoisotopic (exact) mass is 289 g/mol. The third-order valence-electron chi connectivity index (χ3n) is 2.62. The van der Waals surface area contributed by atoms with E-state index in [1.807, 2.05) is 30.5 Å². The van der Waals surface area contributed by atoms with Crippen molar-refractivity contribution in [2.45, 2.75) is 0 Å². The number of benzene rings is 1. The fourth-order valence-electron chi connectivity index (χ4n) is 1.82. The minimum atomic E-state index is 0.320. The maximum Gasteiger partial charge on any atom is 0.185 e. The maximum atomic E-state index is 10.7. The fraction of sp³-hybridized carbons (Fsp3) is 0. The van der Waals surface area contributed by atoms with Crippen LogP contribution in [0.4, 0.5) is 0 Å². The fourth-order valence-corrected chi connectivity index (χ4v) is 2.34. The zero-order valence-corrected chi connectivity index (χ0v) is 10.3. The summed E-state index contributed by atoms with van der Waals surface area (Å²) in [7, 11) is 0. The van der Waals surface area contributed by atoms with Gasteiger partial charge in [0.1, 0.15) is 10.3 Å². The third kappa shape index (κ3) is 1.68. The zero-order valence-electron chi connectivity index (χ0n) is 8.70. The van der Waals surface area contributed by atoms with Gasteiger partial charge in [0.2, 0.25) is 0 Å². The number of aldehydes is 1. The summed E-state index contributed by atoms with van der Waals surface area (Å²) in [6.45, 7) is 0. The molecule has 2 heterocycles. The molecular weight excluding hydrogens is 282 g/mol. The second kappa shape index (κ2) is 3.85. The van der Waals surface area contributed by atoms with Crippen LogP contribution in [0.3, 0.4) is 0 Å². The van der Waals surface area contributed by atoms with Gasteiger partial charge in [-0.3, -0.25) is 4.79 Å². The number of carbonyl (C=O) groups excluding carboxylic acids is 1. The number of halogens is 1. The molecule has 0 amide bonds. The number of nitrogens with one attached hydrogen (secondary N) is 2. The minimum Gasteiger partial charge on any atom is -0.361 e. The molecule has 2 N–H and O–H groups in total. The maximum absolute atomic E-state index is 10.7. The highest BCUT2D eigenvalue weighted by atomic mass is 79.9. The Morgan fingerprint density at radius 2 is 2.18 bits per heavy atom. The predicted molar refractivity (Wildman–Crippen MR) is 69.0 cm³/mol. The van der Waals surface area contributed by atoms with Gasteiger partial charge >= 0.3 is 0 Å². The van der Waals surface area contributed by atoms with Crippen LogP contribution in [0, 0.1) is 0 Å². The normalized spacial score (nSPS) is 10.9. The summed E-state index contributed by atoms with van der Waals surface area (Å²) in [6.07, 6.45) is 2.59. The molecule has 0 unspecified atom stereocenters. The average Bonchev–Trinajstić information content (AvgIpc) is 2.93. The van der Waals surface area contributed by atoms with Crippen molar-refractivity contribution >= 4 is 33.1 Å². The molecule has 0 aliphatic rings. The van der Waals surface area contributed by atoms with Crippen molar-refractivity contribution < 1.29 is 4.79 Å². The number of imidazole rings is 1. The molecule has 17 heavy (non-hydrogen) atoms. The van der Waals surface area contributed by atoms with Crippen molar-refractivity contribution in [2.24, 2.45) is 0 Å². The molecule has 3 aromatic rings. The SMILES string of the molecule is O=Cc1nc(-c2ccc3[nH]ccc3c2)c(Br)[nH]1. The summed E-state index contributed by atoms with van der Waals surface area (Å²) in [6, 6.07) is 7.99. The van der Waals surface area contributed by atoms with Crippen LogP contribution in [-0.4, -0.2) is 21.2 Å². The van der Waals surface area contributed by atoms with Crippen LogP contribution >= 0.6 is 15.9 Å². The van der Waals surface area contributed by atoms with E-state index >= 15 is 0 Å². The quantitative estimate of drug-likeness (QED) is 0.712. The molecule has 1 aromatic carbocycles. The molecular formula is C12H8BrN3O. The molecule has 4 nitrogen and oxygen atoms in total. The van der Waals surface area contributed by atoms with Gasteiger partial charge in [-0.15, -0.1) is 0 Å². The molecule has 0 saturated heterocycles. The molecule has 0 saturated carbocycles. The largest absolute Gasteiger partial charge is 0.361 e. The van der Waals surface area contributed by atoms with Gasteiger partial charge in [-0.2, -0.15) is 0 Å². The first-order chi connectivity index (χ1) is 8.28. The Morgan fingerprint density at radius 3 is 2.94 bits per heavy atom. The first-order valence-electron chi connectivity index (χ1n) is 5.06. The van der Waals surface area contributed by atoms with E-state index in [0.717, 1.165) is 26.8 Å². The highest BCUT2D eigenvalue weighted by molar-refractivity contribution is 9.10. The number of aromatic nitrogens is 3. The van der Waals surface area contributed by atoms with Crippen molar-refractivity contribution in [3.05, 3.63) is 40.9 Å². The number of fused-ring (bicyclic) bond motifs is 1. The summed E-state index contributed by atoms with van der Waals surface area (Å²) in [5.41, 5.74) is 2.79. The lowest BCUT2D eigenvalue weighted by Crippen LogP contribution is -1.82. The van der Waals surface area contributed by atoms with Crippen molar-refractivity contribution in [3.63, 3.8) is 0 Å². The average molecular weight is 290 g/mol. The number of hydrogen-bond donors (Lipinski definition) is 2. The molecule has 5 heteroatoms. The second-order valence-corrected chi connectivity index (χ2v) is 4.48. The Labute approximate surface area is 105 Å². The lowest BCUT2D eigenvalue weighted by Gasteiger charge is -1.98. The van der Waals surface area contributed by atoms with E-state index in [0.29, 0.717) is 12.1 Å². The Morgan fingerprint density at radius 1 is 1.29 bits per heavy atom. The first-order valence-corrected chi connectivity index (χ1v) is 5.85. The summed E-state index contributed by atoms with van der Waals surface area (Å²) in [4.78, 5) is 20.9. The number of hydrogen-bond acceptors (Lipinski definition) is 2. The predicted octanol–water partition coefficient (Wildman–Crippen LogP) is 3.13. The number of rotatable bonds is 2. The number of aromatic amines is 2. The smallest absolute Gasteiger partial charge is 0.185 e. The Bertz CT molecular complexity index is 699. The van der Waals surface area contributed by atoms with Crippen LogP contribution in [0.5, 0.6) is 0 Å². The third-order valence-corrected chi connectivity index (χ3v) is 3.19. The summed E-state index contributed by atoms with van der Waals surface area (Å²) < 4.78 is 0.717. The molecule has 0 bridgehead atoms. The highest BCUT2D eigenvalue weighted by Gasteiger charge is 2.10. The summed E-state index contributed by atoms with van der Waals surface area (Å²) in [5, 5.41) is 1.12. The van der Waals surface area contributed by atoms with Crippen molar-refractivity contribution in [1.82, 2.24) is 15.0 Å². The van der Waals surface area contributed by atoms with E-state index in [-0.39, 0.29) is 0 Å². The highest BCUT2D eigenvalue weighted by Crippen LogP contribution is 2.28. The molecule has 2 aromatic heterocycles. The van der Waals surface area contributed by atoms with Crippen LogP contribution in [0.2, 0.25) is 0 Å². The van der Waals surface area contributed by atoms with Gasteiger partial charge in [0.05, 0.1) is 0 Å². The van der Waals surface area contributed by atoms with E-state index in [1.165, 1.54) is 0 Å². The Kier molecular flexibility index (Phi) is 2.33. The van der Waals surface area contributed by atoms with E-state index in [4.69, 9.17) is 0 Å². The Balaban J connectivity index is 2.18. The van der Waals surface area contributed by atoms with Gasteiger partial charge in [-0.25, -0.2) is 4.98 Å². The summed E-state index contributed by atoms with van der Waals surface area (Å²) in [5.74, 6) is 0.320. The van der Waals surface area contributed by atoms with Gasteiger partial charge < -0.3 is 9.97 Å². The number of H-pyrrole nitrogens is 2. The van der Waals surface area contributed by atoms with Crippen LogP contribution in [0.15, 0.2) is 35.1 Å². The van der Waals surface area contributed by atoms with Gasteiger partial charge in [0.15, 0.2) is 12.1 Å². The van der Waals surface area contributed by atoms with Crippen molar-refractivity contribution in [3.8, 4) is 11.3 Å². The molecule has 0 aliphatic heterocycles. The van der Waals surface area contributed by atoms with Crippen LogP contribution < -0.4 is 0 Å². The molecule has 3 rings (SSSR count). The Hall–Kier alpha value is -1.88. The lowest BCUT2D eigenvalue weighted by atomic mass is 10.1. The van der Waals surface area contributed by atoms with E-state index < -0.39 is 0 Å². The molecule has 0 radical (unpaired) electrons. The minimum absolute atomic E-state index is 0.320.